The minimum atomic E-state index is -0.876. The minimum absolute atomic E-state index is 0.0315. The number of hydrogen-bond donors (Lipinski definition) is 1. The standard InChI is InChI=1S/C13H15ClO4/c1-13(7-9-2-4-10(14)5-3-9)17-8-11(18-13)6-12(15)16/h2-5,11H,6-8H2,1H3,(H,15,16). The Balaban J connectivity index is 1.97. The van der Waals surface area contributed by atoms with Crippen LogP contribution in [0.5, 0.6) is 0 Å². The number of carbonyl (C=O) groups is 1. The molecule has 1 aromatic rings. The normalized spacial score (nSPS) is 27.3. The van der Waals surface area contributed by atoms with Crippen molar-refractivity contribution in [2.45, 2.75) is 31.7 Å². The molecular formula is C13H15ClO4. The molecule has 1 aliphatic rings. The zero-order valence-corrected chi connectivity index (χ0v) is 10.8. The Morgan fingerprint density at radius 3 is 2.78 bits per heavy atom. The predicted octanol–water partition coefficient (Wildman–Crippen LogP) is 2.49. The van der Waals surface area contributed by atoms with E-state index in [0.717, 1.165) is 5.56 Å². The second-order valence-electron chi connectivity index (χ2n) is 4.59. The lowest BCUT2D eigenvalue weighted by molar-refractivity contribution is -0.158. The minimum Gasteiger partial charge on any atom is -0.481 e. The third-order valence-corrected chi connectivity index (χ3v) is 3.08. The van der Waals surface area contributed by atoms with Crippen molar-refractivity contribution < 1.29 is 19.4 Å². The van der Waals surface area contributed by atoms with Gasteiger partial charge < -0.3 is 14.6 Å². The van der Waals surface area contributed by atoms with Crippen molar-refractivity contribution >= 4 is 17.6 Å². The van der Waals surface area contributed by atoms with E-state index < -0.39 is 11.8 Å². The van der Waals surface area contributed by atoms with Crippen LogP contribution < -0.4 is 0 Å². The van der Waals surface area contributed by atoms with E-state index in [1.54, 1.807) is 0 Å². The molecule has 4 nitrogen and oxygen atoms in total. The first-order chi connectivity index (χ1) is 8.47. The first kappa shape index (κ1) is 13.3. The van der Waals surface area contributed by atoms with Crippen molar-refractivity contribution in [1.82, 2.24) is 0 Å². The summed E-state index contributed by atoms with van der Waals surface area (Å²) in [7, 11) is 0. The predicted molar refractivity (Wildman–Crippen MR) is 66.6 cm³/mol. The summed E-state index contributed by atoms with van der Waals surface area (Å²) in [6.45, 7) is 2.14. The number of rotatable bonds is 4. The van der Waals surface area contributed by atoms with E-state index in [2.05, 4.69) is 0 Å². The van der Waals surface area contributed by atoms with E-state index in [4.69, 9.17) is 26.2 Å². The number of carboxylic acid groups (broad SMARTS) is 1. The zero-order valence-electron chi connectivity index (χ0n) is 10.1. The SMILES string of the molecule is CC1(Cc2ccc(Cl)cc2)OCC(CC(=O)O)O1. The van der Waals surface area contributed by atoms with Gasteiger partial charge in [-0.2, -0.15) is 0 Å². The van der Waals surface area contributed by atoms with E-state index in [9.17, 15) is 4.79 Å². The van der Waals surface area contributed by atoms with Crippen molar-refractivity contribution in [3.63, 3.8) is 0 Å². The number of carboxylic acids is 1. The van der Waals surface area contributed by atoms with Gasteiger partial charge in [-0.05, 0) is 24.6 Å². The second-order valence-corrected chi connectivity index (χ2v) is 5.02. The van der Waals surface area contributed by atoms with Crippen LogP contribution in [-0.4, -0.2) is 29.6 Å². The van der Waals surface area contributed by atoms with Gasteiger partial charge in [-0.15, -0.1) is 0 Å². The first-order valence-corrected chi connectivity index (χ1v) is 6.13. The van der Waals surface area contributed by atoms with Crippen LogP contribution in [0.1, 0.15) is 18.9 Å². The summed E-state index contributed by atoms with van der Waals surface area (Å²) in [4.78, 5) is 10.6. The first-order valence-electron chi connectivity index (χ1n) is 5.75. The second kappa shape index (κ2) is 5.26. The molecule has 0 bridgehead atoms. The van der Waals surface area contributed by atoms with Crippen molar-refractivity contribution in [2.24, 2.45) is 0 Å². The molecule has 2 atom stereocenters. The maximum absolute atomic E-state index is 10.6. The van der Waals surface area contributed by atoms with Gasteiger partial charge in [0.05, 0.1) is 19.1 Å². The van der Waals surface area contributed by atoms with Gasteiger partial charge in [0.2, 0.25) is 0 Å². The fourth-order valence-electron chi connectivity index (χ4n) is 2.05. The number of ether oxygens (including phenoxy) is 2. The Morgan fingerprint density at radius 1 is 1.50 bits per heavy atom. The molecule has 1 fully saturated rings. The van der Waals surface area contributed by atoms with Crippen molar-refractivity contribution in [2.75, 3.05) is 6.61 Å². The number of hydrogen-bond acceptors (Lipinski definition) is 3. The quantitative estimate of drug-likeness (QED) is 0.913. The van der Waals surface area contributed by atoms with Gasteiger partial charge >= 0.3 is 5.97 Å². The average Bonchev–Trinajstić information content (AvgIpc) is 2.63. The highest BCUT2D eigenvalue weighted by molar-refractivity contribution is 6.30. The molecule has 18 heavy (non-hydrogen) atoms. The van der Waals surface area contributed by atoms with Gasteiger partial charge in [0.1, 0.15) is 0 Å². The molecule has 1 saturated heterocycles. The van der Waals surface area contributed by atoms with Gasteiger partial charge in [-0.3, -0.25) is 4.79 Å². The maximum atomic E-state index is 10.6. The smallest absolute Gasteiger partial charge is 0.306 e. The highest BCUT2D eigenvalue weighted by Crippen LogP contribution is 2.29. The van der Waals surface area contributed by atoms with E-state index in [1.807, 2.05) is 31.2 Å². The summed E-state index contributed by atoms with van der Waals surface area (Å²) in [6, 6.07) is 7.43. The van der Waals surface area contributed by atoms with Crippen LogP contribution in [-0.2, 0) is 20.7 Å². The molecule has 98 valence electrons. The van der Waals surface area contributed by atoms with Gasteiger partial charge in [0, 0.05) is 11.4 Å². The Hall–Kier alpha value is -1.10. The van der Waals surface area contributed by atoms with Crippen molar-refractivity contribution in [1.29, 1.82) is 0 Å². The fourth-order valence-corrected chi connectivity index (χ4v) is 2.18. The summed E-state index contributed by atoms with van der Waals surface area (Å²) in [5.41, 5.74) is 1.04. The molecular weight excluding hydrogens is 256 g/mol. The van der Waals surface area contributed by atoms with E-state index >= 15 is 0 Å². The molecule has 0 aromatic heterocycles. The molecule has 0 radical (unpaired) electrons. The molecule has 0 spiro atoms. The number of aliphatic carboxylic acids is 1. The van der Waals surface area contributed by atoms with E-state index in [0.29, 0.717) is 18.1 Å². The van der Waals surface area contributed by atoms with Crippen LogP contribution in [0, 0.1) is 0 Å². The molecule has 5 heteroatoms. The Bertz CT molecular complexity index is 431. The summed E-state index contributed by atoms with van der Waals surface area (Å²) >= 11 is 5.82. The third kappa shape index (κ3) is 3.45. The van der Waals surface area contributed by atoms with Crippen molar-refractivity contribution in [3.8, 4) is 0 Å². The molecule has 2 rings (SSSR count). The van der Waals surface area contributed by atoms with Crippen LogP contribution in [0.25, 0.3) is 0 Å². The molecule has 0 saturated carbocycles. The maximum Gasteiger partial charge on any atom is 0.306 e. The molecule has 1 N–H and O–H groups in total. The fraction of sp³-hybridized carbons (Fsp3) is 0.462. The molecule has 1 heterocycles. The average molecular weight is 271 g/mol. The van der Waals surface area contributed by atoms with E-state index in [-0.39, 0.29) is 12.5 Å². The zero-order chi connectivity index (χ0) is 13.2. The van der Waals surface area contributed by atoms with Gasteiger partial charge in [-0.25, -0.2) is 0 Å². The lowest BCUT2D eigenvalue weighted by Gasteiger charge is -2.23. The summed E-state index contributed by atoms with van der Waals surface area (Å²) in [6.07, 6.45) is 0.163. The monoisotopic (exact) mass is 270 g/mol. The molecule has 0 amide bonds. The molecule has 0 aliphatic carbocycles. The molecule has 1 aliphatic heterocycles. The topological polar surface area (TPSA) is 55.8 Å². The van der Waals surface area contributed by atoms with Gasteiger partial charge in [-0.1, -0.05) is 23.7 Å². The third-order valence-electron chi connectivity index (χ3n) is 2.83. The summed E-state index contributed by atoms with van der Waals surface area (Å²) < 4.78 is 11.2. The van der Waals surface area contributed by atoms with Crippen LogP contribution in [0.4, 0.5) is 0 Å². The van der Waals surface area contributed by atoms with Crippen LogP contribution in [0.2, 0.25) is 5.02 Å². The summed E-state index contributed by atoms with van der Waals surface area (Å²) in [5.74, 6) is -1.63. The highest BCUT2D eigenvalue weighted by atomic mass is 35.5. The van der Waals surface area contributed by atoms with Crippen LogP contribution in [0.15, 0.2) is 24.3 Å². The molecule has 2 unspecified atom stereocenters. The van der Waals surface area contributed by atoms with E-state index in [1.165, 1.54) is 0 Å². The van der Waals surface area contributed by atoms with Crippen molar-refractivity contribution in [3.05, 3.63) is 34.9 Å². The largest absolute Gasteiger partial charge is 0.481 e. The number of benzene rings is 1. The van der Waals surface area contributed by atoms with Crippen LogP contribution in [0.3, 0.4) is 0 Å². The summed E-state index contributed by atoms with van der Waals surface area (Å²) in [5, 5.41) is 9.40. The molecule has 1 aromatic carbocycles. The Kier molecular flexibility index (Phi) is 3.90. The van der Waals surface area contributed by atoms with Gasteiger partial charge in [0.15, 0.2) is 5.79 Å². The number of halogens is 1. The highest BCUT2D eigenvalue weighted by Gasteiger charge is 2.38. The lowest BCUT2D eigenvalue weighted by Crippen LogP contribution is -2.30. The van der Waals surface area contributed by atoms with Crippen LogP contribution >= 0.6 is 11.6 Å². The Morgan fingerprint density at radius 2 is 2.17 bits per heavy atom. The Labute approximate surface area is 110 Å². The lowest BCUT2D eigenvalue weighted by atomic mass is 10.1. The van der Waals surface area contributed by atoms with Gasteiger partial charge in [0.25, 0.3) is 0 Å².